The molecule has 0 atom stereocenters. The van der Waals surface area contributed by atoms with E-state index >= 15 is 0 Å². The van der Waals surface area contributed by atoms with Crippen LogP contribution in [0.25, 0.3) is 0 Å². The van der Waals surface area contributed by atoms with Gasteiger partial charge in [0.2, 0.25) is 0 Å². The molecule has 3 aromatic rings. The quantitative estimate of drug-likeness (QED) is 0.476. The van der Waals surface area contributed by atoms with Gasteiger partial charge in [-0.15, -0.1) is 0 Å². The third kappa shape index (κ3) is 5.30. The maximum atomic E-state index is 12.4. The van der Waals surface area contributed by atoms with E-state index < -0.39 is 18.5 Å². The Morgan fingerprint density at radius 2 is 1.48 bits per heavy atom. The summed E-state index contributed by atoms with van der Waals surface area (Å²) in [7, 11) is 0. The maximum absolute atomic E-state index is 12.4. The van der Waals surface area contributed by atoms with Crippen molar-refractivity contribution in [1.82, 2.24) is 0 Å². The van der Waals surface area contributed by atoms with E-state index in [0.29, 0.717) is 21.8 Å². The third-order valence-corrected chi connectivity index (χ3v) is 4.62. The molecule has 29 heavy (non-hydrogen) atoms. The van der Waals surface area contributed by atoms with Crippen LogP contribution in [-0.4, -0.2) is 24.3 Å². The first kappa shape index (κ1) is 20.3. The van der Waals surface area contributed by atoms with Gasteiger partial charge < -0.3 is 10.1 Å². The molecule has 1 N–H and O–H groups in total. The number of aryl methyl sites for hydroxylation is 1. The fraction of sp³-hybridized carbons (Fsp3) is 0.0870. The lowest BCUT2D eigenvalue weighted by Crippen LogP contribution is -2.21. The zero-order chi connectivity index (χ0) is 20.8. The Labute approximate surface area is 173 Å². The van der Waals surface area contributed by atoms with Crippen molar-refractivity contribution in [3.8, 4) is 0 Å². The molecule has 0 aliphatic carbocycles. The summed E-state index contributed by atoms with van der Waals surface area (Å²) in [6, 6.07) is 20.1. The highest BCUT2D eigenvalue weighted by atomic mass is 35.5. The van der Waals surface area contributed by atoms with Crippen LogP contribution in [0.5, 0.6) is 0 Å². The Morgan fingerprint density at radius 1 is 0.862 bits per heavy atom. The van der Waals surface area contributed by atoms with Gasteiger partial charge in [0.1, 0.15) is 0 Å². The number of carbonyl (C=O) groups is 3. The van der Waals surface area contributed by atoms with E-state index in [9.17, 15) is 14.4 Å². The van der Waals surface area contributed by atoms with E-state index in [0.717, 1.165) is 5.56 Å². The number of hydrogen-bond donors (Lipinski definition) is 1. The Morgan fingerprint density at radius 3 is 2.14 bits per heavy atom. The van der Waals surface area contributed by atoms with Crippen LogP contribution < -0.4 is 5.32 Å². The third-order valence-electron chi connectivity index (χ3n) is 4.21. The second-order valence-corrected chi connectivity index (χ2v) is 6.77. The minimum Gasteiger partial charge on any atom is -0.452 e. The number of ketones is 1. The van der Waals surface area contributed by atoms with Gasteiger partial charge in [0.15, 0.2) is 12.4 Å². The van der Waals surface area contributed by atoms with E-state index in [4.69, 9.17) is 16.3 Å². The van der Waals surface area contributed by atoms with Crippen LogP contribution >= 0.6 is 11.6 Å². The van der Waals surface area contributed by atoms with Crippen molar-refractivity contribution in [2.24, 2.45) is 0 Å². The molecule has 0 aromatic heterocycles. The molecule has 6 heteroatoms. The van der Waals surface area contributed by atoms with Crippen molar-refractivity contribution < 1.29 is 19.1 Å². The topological polar surface area (TPSA) is 72.5 Å². The molecule has 0 saturated heterocycles. The van der Waals surface area contributed by atoms with E-state index in [1.807, 2.05) is 13.0 Å². The molecule has 1 amide bonds. The molecule has 0 unspecified atom stereocenters. The Hall–Kier alpha value is -3.44. The van der Waals surface area contributed by atoms with Gasteiger partial charge in [0, 0.05) is 21.8 Å². The predicted octanol–water partition coefficient (Wildman–Crippen LogP) is 4.67. The lowest BCUT2D eigenvalue weighted by atomic mass is 10.0. The van der Waals surface area contributed by atoms with Crippen LogP contribution in [-0.2, 0) is 9.53 Å². The van der Waals surface area contributed by atoms with Crippen LogP contribution in [0, 0.1) is 6.92 Å². The Bertz CT molecular complexity index is 1050. The van der Waals surface area contributed by atoms with E-state index in [1.165, 1.54) is 12.1 Å². The molecule has 0 fully saturated rings. The molecule has 3 rings (SSSR count). The standard InChI is InChI=1S/C23H18ClNO4/c1-15-7-12-19(13-20(15)24)25-21(26)14-29-23(28)18-10-8-17(9-11-18)22(27)16-5-3-2-4-6-16/h2-13H,14H2,1H3,(H,25,26). The van der Waals surface area contributed by atoms with Crippen molar-refractivity contribution in [3.05, 3.63) is 100 Å². The number of rotatable bonds is 6. The zero-order valence-electron chi connectivity index (χ0n) is 15.6. The number of halogens is 1. The van der Waals surface area contributed by atoms with Crippen molar-refractivity contribution >= 4 is 34.9 Å². The number of ether oxygens (including phenoxy) is 1. The summed E-state index contributed by atoms with van der Waals surface area (Å²) in [5, 5.41) is 3.15. The summed E-state index contributed by atoms with van der Waals surface area (Å²) in [6.07, 6.45) is 0. The SMILES string of the molecule is Cc1ccc(NC(=O)COC(=O)c2ccc(C(=O)c3ccccc3)cc2)cc1Cl. The number of amides is 1. The molecule has 0 radical (unpaired) electrons. The van der Waals surface area contributed by atoms with Crippen molar-refractivity contribution in [2.75, 3.05) is 11.9 Å². The van der Waals surface area contributed by atoms with Crippen LogP contribution in [0.2, 0.25) is 5.02 Å². The minimum atomic E-state index is -0.652. The molecule has 0 heterocycles. The minimum absolute atomic E-state index is 0.137. The summed E-state index contributed by atoms with van der Waals surface area (Å²) in [5.74, 6) is -1.27. The summed E-state index contributed by atoms with van der Waals surface area (Å²) in [5.41, 5.74) is 2.69. The van der Waals surface area contributed by atoms with Crippen molar-refractivity contribution in [3.63, 3.8) is 0 Å². The van der Waals surface area contributed by atoms with Gasteiger partial charge in [-0.2, -0.15) is 0 Å². The molecule has 0 aliphatic rings. The number of hydrogen-bond acceptors (Lipinski definition) is 4. The number of anilines is 1. The molecule has 3 aromatic carbocycles. The summed E-state index contributed by atoms with van der Waals surface area (Å²) >= 11 is 6.02. The highest BCUT2D eigenvalue weighted by Crippen LogP contribution is 2.20. The monoisotopic (exact) mass is 407 g/mol. The predicted molar refractivity (Wildman–Crippen MR) is 111 cm³/mol. The van der Waals surface area contributed by atoms with Gasteiger partial charge in [0.05, 0.1) is 5.56 Å². The molecule has 0 saturated carbocycles. The first-order valence-corrected chi connectivity index (χ1v) is 9.25. The van der Waals surface area contributed by atoms with Gasteiger partial charge in [-0.25, -0.2) is 4.79 Å². The molecular weight excluding hydrogens is 390 g/mol. The second-order valence-electron chi connectivity index (χ2n) is 6.36. The largest absolute Gasteiger partial charge is 0.452 e. The Kier molecular flexibility index (Phi) is 6.42. The number of nitrogens with one attached hydrogen (secondary N) is 1. The average Bonchev–Trinajstić information content (AvgIpc) is 2.75. The van der Waals surface area contributed by atoms with Gasteiger partial charge in [-0.1, -0.05) is 60.1 Å². The summed E-state index contributed by atoms with van der Waals surface area (Å²) < 4.78 is 5.03. The summed E-state index contributed by atoms with van der Waals surface area (Å²) in [6.45, 7) is 1.42. The van der Waals surface area contributed by atoms with Crippen molar-refractivity contribution in [2.45, 2.75) is 6.92 Å². The van der Waals surface area contributed by atoms with Gasteiger partial charge >= 0.3 is 5.97 Å². The number of esters is 1. The second kappa shape index (κ2) is 9.17. The molecule has 0 spiro atoms. The van der Waals surface area contributed by atoms with Crippen LogP contribution in [0.15, 0.2) is 72.8 Å². The lowest BCUT2D eigenvalue weighted by molar-refractivity contribution is -0.119. The molecule has 5 nitrogen and oxygen atoms in total. The molecule has 0 aliphatic heterocycles. The van der Waals surface area contributed by atoms with E-state index in [2.05, 4.69) is 5.32 Å². The smallest absolute Gasteiger partial charge is 0.338 e. The fourth-order valence-electron chi connectivity index (χ4n) is 2.60. The normalized spacial score (nSPS) is 10.3. The molecule has 0 bridgehead atoms. The van der Waals surface area contributed by atoms with Gasteiger partial charge in [0.25, 0.3) is 5.91 Å². The number of carbonyl (C=O) groups excluding carboxylic acids is 3. The highest BCUT2D eigenvalue weighted by molar-refractivity contribution is 6.31. The lowest BCUT2D eigenvalue weighted by Gasteiger charge is -2.08. The van der Waals surface area contributed by atoms with Crippen LogP contribution in [0.4, 0.5) is 5.69 Å². The fourth-order valence-corrected chi connectivity index (χ4v) is 2.78. The van der Waals surface area contributed by atoms with Crippen LogP contribution in [0.3, 0.4) is 0 Å². The number of benzene rings is 3. The summed E-state index contributed by atoms with van der Waals surface area (Å²) in [4.78, 5) is 36.5. The first-order valence-electron chi connectivity index (χ1n) is 8.87. The average molecular weight is 408 g/mol. The van der Waals surface area contributed by atoms with Crippen LogP contribution in [0.1, 0.15) is 31.8 Å². The van der Waals surface area contributed by atoms with E-state index in [1.54, 1.807) is 54.6 Å². The Balaban J connectivity index is 1.56. The van der Waals surface area contributed by atoms with Crippen molar-refractivity contribution in [1.29, 1.82) is 0 Å². The van der Waals surface area contributed by atoms with E-state index in [-0.39, 0.29) is 11.3 Å². The molecule has 146 valence electrons. The van der Waals surface area contributed by atoms with Gasteiger partial charge in [-0.05, 0) is 36.8 Å². The van der Waals surface area contributed by atoms with Gasteiger partial charge in [-0.3, -0.25) is 9.59 Å². The highest BCUT2D eigenvalue weighted by Gasteiger charge is 2.13. The maximum Gasteiger partial charge on any atom is 0.338 e. The zero-order valence-corrected chi connectivity index (χ0v) is 16.4. The molecular formula is C23H18ClNO4. The first-order chi connectivity index (χ1) is 13.9.